The second-order valence-corrected chi connectivity index (χ2v) is 6.98. The summed E-state index contributed by atoms with van der Waals surface area (Å²) in [5.74, 6) is 1.18. The standard InChI is InChI=1S/C14H19BrS/c1-14(2,9-15)10-16-13-7-6-11-4-3-5-12(11)8-13/h6-8H,3-5,9-10H2,1-2H3. The van der Waals surface area contributed by atoms with Gasteiger partial charge in [0.1, 0.15) is 0 Å². The molecule has 1 aromatic carbocycles. The van der Waals surface area contributed by atoms with Gasteiger partial charge in [-0.3, -0.25) is 0 Å². The average Bonchev–Trinajstić information content (AvgIpc) is 2.73. The van der Waals surface area contributed by atoms with E-state index in [9.17, 15) is 0 Å². The van der Waals surface area contributed by atoms with Crippen LogP contribution in [0.2, 0.25) is 0 Å². The molecule has 0 aromatic heterocycles. The molecule has 0 amide bonds. The summed E-state index contributed by atoms with van der Waals surface area (Å²) in [4.78, 5) is 1.44. The number of benzene rings is 1. The molecule has 0 nitrogen and oxygen atoms in total. The molecule has 1 aliphatic rings. The van der Waals surface area contributed by atoms with Gasteiger partial charge in [-0.05, 0) is 47.9 Å². The SMILES string of the molecule is CC(C)(CBr)CSc1ccc2c(c1)CCC2. The van der Waals surface area contributed by atoms with Crippen molar-refractivity contribution in [2.45, 2.75) is 38.0 Å². The Balaban J connectivity index is 2.00. The van der Waals surface area contributed by atoms with Gasteiger partial charge < -0.3 is 0 Å². The van der Waals surface area contributed by atoms with E-state index in [1.165, 1.54) is 29.9 Å². The summed E-state index contributed by atoms with van der Waals surface area (Å²) < 4.78 is 0. The molecule has 1 aromatic rings. The molecule has 1 aliphatic carbocycles. The molecule has 2 heteroatoms. The Kier molecular flexibility index (Phi) is 4.01. The summed E-state index contributed by atoms with van der Waals surface area (Å²) in [5.41, 5.74) is 3.54. The lowest BCUT2D eigenvalue weighted by Crippen LogP contribution is -2.15. The molecule has 0 radical (unpaired) electrons. The third-order valence-corrected chi connectivity index (χ3v) is 6.09. The number of fused-ring (bicyclic) bond motifs is 1. The van der Waals surface area contributed by atoms with Crippen LogP contribution in [0.4, 0.5) is 0 Å². The second kappa shape index (κ2) is 5.14. The second-order valence-electron chi connectivity index (χ2n) is 5.37. The third kappa shape index (κ3) is 3.04. The highest BCUT2D eigenvalue weighted by Gasteiger charge is 2.17. The fourth-order valence-corrected chi connectivity index (χ4v) is 3.47. The van der Waals surface area contributed by atoms with Crippen LogP contribution >= 0.6 is 27.7 Å². The molecule has 16 heavy (non-hydrogen) atoms. The molecular formula is C14H19BrS. The van der Waals surface area contributed by atoms with Crippen molar-refractivity contribution in [3.63, 3.8) is 0 Å². The number of hydrogen-bond acceptors (Lipinski definition) is 1. The number of thioether (sulfide) groups is 1. The van der Waals surface area contributed by atoms with Gasteiger partial charge in [-0.2, -0.15) is 0 Å². The molecule has 0 bridgehead atoms. The Hall–Kier alpha value is 0.0500. The lowest BCUT2D eigenvalue weighted by molar-refractivity contribution is 0.496. The van der Waals surface area contributed by atoms with Crippen molar-refractivity contribution in [2.24, 2.45) is 5.41 Å². The van der Waals surface area contributed by atoms with Gasteiger partial charge in [0.05, 0.1) is 0 Å². The van der Waals surface area contributed by atoms with Gasteiger partial charge in [0.2, 0.25) is 0 Å². The van der Waals surface area contributed by atoms with Gasteiger partial charge in [0.25, 0.3) is 0 Å². The van der Waals surface area contributed by atoms with E-state index < -0.39 is 0 Å². The average molecular weight is 299 g/mol. The molecule has 0 saturated heterocycles. The van der Waals surface area contributed by atoms with Gasteiger partial charge in [0, 0.05) is 16.0 Å². The van der Waals surface area contributed by atoms with E-state index in [-0.39, 0.29) is 0 Å². The molecule has 0 atom stereocenters. The normalized spacial score (nSPS) is 15.2. The molecular weight excluding hydrogens is 280 g/mol. The first-order chi connectivity index (χ1) is 7.61. The number of halogens is 1. The maximum Gasteiger partial charge on any atom is 0.00906 e. The molecule has 2 rings (SSSR count). The van der Waals surface area contributed by atoms with Crippen LogP contribution in [0.5, 0.6) is 0 Å². The Morgan fingerprint density at radius 1 is 1.25 bits per heavy atom. The van der Waals surface area contributed by atoms with Crippen molar-refractivity contribution in [1.29, 1.82) is 0 Å². The Morgan fingerprint density at radius 3 is 2.75 bits per heavy atom. The summed E-state index contributed by atoms with van der Waals surface area (Å²) >= 11 is 5.57. The lowest BCUT2D eigenvalue weighted by atomic mass is 10.0. The molecule has 0 unspecified atom stereocenters. The monoisotopic (exact) mass is 298 g/mol. The molecule has 0 aliphatic heterocycles. The zero-order valence-electron chi connectivity index (χ0n) is 10.1. The van der Waals surface area contributed by atoms with Gasteiger partial charge in [0.15, 0.2) is 0 Å². The maximum atomic E-state index is 3.58. The fraction of sp³-hybridized carbons (Fsp3) is 0.571. The van der Waals surface area contributed by atoms with Crippen molar-refractivity contribution in [3.8, 4) is 0 Å². The van der Waals surface area contributed by atoms with E-state index in [0.29, 0.717) is 5.41 Å². The maximum absolute atomic E-state index is 3.58. The first-order valence-corrected chi connectivity index (χ1v) is 8.02. The predicted octanol–water partition coefficient (Wildman–Crippen LogP) is 4.69. The summed E-state index contributed by atoms with van der Waals surface area (Å²) in [6, 6.07) is 7.02. The summed E-state index contributed by atoms with van der Waals surface area (Å²) in [6.07, 6.45) is 3.91. The zero-order valence-corrected chi connectivity index (χ0v) is 12.5. The van der Waals surface area contributed by atoms with Crippen LogP contribution in [-0.2, 0) is 12.8 Å². The van der Waals surface area contributed by atoms with Crippen molar-refractivity contribution in [3.05, 3.63) is 29.3 Å². The molecule has 0 saturated carbocycles. The van der Waals surface area contributed by atoms with Crippen LogP contribution in [0.3, 0.4) is 0 Å². The Labute approximate surface area is 111 Å². The molecule has 0 N–H and O–H groups in total. The van der Waals surface area contributed by atoms with Crippen LogP contribution in [-0.4, -0.2) is 11.1 Å². The smallest absolute Gasteiger partial charge is 0.00906 e. The van der Waals surface area contributed by atoms with Crippen molar-refractivity contribution in [2.75, 3.05) is 11.1 Å². The van der Waals surface area contributed by atoms with E-state index in [1.54, 1.807) is 11.1 Å². The molecule has 0 spiro atoms. The van der Waals surface area contributed by atoms with Gasteiger partial charge in [-0.25, -0.2) is 0 Å². The quantitative estimate of drug-likeness (QED) is 0.574. The van der Waals surface area contributed by atoms with Crippen LogP contribution in [0.1, 0.15) is 31.4 Å². The summed E-state index contributed by atoms with van der Waals surface area (Å²) in [6.45, 7) is 4.62. The number of hydrogen-bond donors (Lipinski definition) is 0. The summed E-state index contributed by atoms with van der Waals surface area (Å²) in [7, 11) is 0. The van der Waals surface area contributed by atoms with Crippen molar-refractivity contribution in [1.82, 2.24) is 0 Å². The highest BCUT2D eigenvalue weighted by molar-refractivity contribution is 9.09. The van der Waals surface area contributed by atoms with Gasteiger partial charge in [-0.1, -0.05) is 35.8 Å². The third-order valence-electron chi connectivity index (χ3n) is 3.06. The molecule has 0 heterocycles. The minimum absolute atomic E-state index is 0.379. The first-order valence-electron chi connectivity index (χ1n) is 5.91. The first kappa shape index (κ1) is 12.5. The lowest BCUT2D eigenvalue weighted by Gasteiger charge is -2.20. The van der Waals surface area contributed by atoms with E-state index in [2.05, 4.69) is 48.0 Å². The minimum atomic E-state index is 0.379. The molecule has 88 valence electrons. The zero-order chi connectivity index (χ0) is 11.6. The highest BCUT2D eigenvalue weighted by Crippen LogP contribution is 2.32. The number of rotatable bonds is 4. The predicted molar refractivity (Wildman–Crippen MR) is 76.8 cm³/mol. The Morgan fingerprint density at radius 2 is 2.00 bits per heavy atom. The van der Waals surface area contributed by atoms with E-state index in [4.69, 9.17) is 0 Å². The number of alkyl halides is 1. The summed E-state index contributed by atoms with van der Waals surface area (Å²) in [5, 5.41) is 1.07. The van der Waals surface area contributed by atoms with Gasteiger partial charge >= 0.3 is 0 Å². The van der Waals surface area contributed by atoms with Crippen LogP contribution in [0.15, 0.2) is 23.1 Å². The van der Waals surface area contributed by atoms with Gasteiger partial charge in [-0.15, -0.1) is 11.8 Å². The van der Waals surface area contributed by atoms with E-state index in [1.807, 2.05) is 11.8 Å². The van der Waals surface area contributed by atoms with E-state index >= 15 is 0 Å². The Bertz CT molecular complexity index is 371. The topological polar surface area (TPSA) is 0 Å². The molecule has 0 fully saturated rings. The van der Waals surface area contributed by atoms with Crippen LogP contribution in [0.25, 0.3) is 0 Å². The van der Waals surface area contributed by atoms with Crippen LogP contribution in [0, 0.1) is 5.41 Å². The minimum Gasteiger partial charge on any atom is -0.126 e. The van der Waals surface area contributed by atoms with E-state index in [0.717, 1.165) is 5.33 Å². The fourth-order valence-electron chi connectivity index (χ4n) is 1.96. The number of aryl methyl sites for hydroxylation is 2. The largest absolute Gasteiger partial charge is 0.126 e. The van der Waals surface area contributed by atoms with Crippen LogP contribution < -0.4 is 0 Å². The highest BCUT2D eigenvalue weighted by atomic mass is 79.9. The van der Waals surface area contributed by atoms with Crippen molar-refractivity contribution >= 4 is 27.7 Å². The van der Waals surface area contributed by atoms with Crippen molar-refractivity contribution < 1.29 is 0 Å².